The van der Waals surface area contributed by atoms with Crippen molar-refractivity contribution in [3.8, 4) is 0 Å². The minimum Gasteiger partial charge on any atom is -0.349 e. The molecule has 0 aliphatic rings. The predicted octanol–water partition coefficient (Wildman–Crippen LogP) is 2.90. The summed E-state index contributed by atoms with van der Waals surface area (Å²) in [6.07, 6.45) is 1.80. The number of hydrogen-bond acceptors (Lipinski definition) is 5. The lowest BCUT2D eigenvalue weighted by Crippen LogP contribution is -2.33. The molecule has 1 aromatic rings. The lowest BCUT2D eigenvalue weighted by atomic mass is 10.2. The van der Waals surface area contributed by atoms with Gasteiger partial charge in [0.1, 0.15) is 16.9 Å². The molecule has 1 unspecified atom stereocenters. The van der Waals surface area contributed by atoms with Crippen LogP contribution in [0, 0.1) is 10.1 Å². The first kappa shape index (κ1) is 16.7. The van der Waals surface area contributed by atoms with Crippen LogP contribution < -0.4 is 5.32 Å². The first-order valence-corrected chi connectivity index (χ1v) is 7.67. The molecule has 0 spiro atoms. The lowest BCUT2D eigenvalue weighted by molar-refractivity contribution is -0.385. The Morgan fingerprint density at radius 1 is 1.65 bits per heavy atom. The van der Waals surface area contributed by atoms with Crippen LogP contribution in [0.1, 0.15) is 30.6 Å². The fraction of sp³-hybridized carbons (Fsp3) is 0.500. The fourth-order valence-electron chi connectivity index (χ4n) is 1.53. The fourth-order valence-corrected chi connectivity index (χ4v) is 2.49. The molecular formula is C12H16ClN3O3S. The molecule has 0 aliphatic heterocycles. The van der Waals surface area contributed by atoms with Gasteiger partial charge in [-0.1, -0.05) is 18.5 Å². The van der Waals surface area contributed by atoms with Gasteiger partial charge in [-0.2, -0.15) is 11.8 Å². The summed E-state index contributed by atoms with van der Waals surface area (Å²) in [5.41, 5.74) is -0.410. The Morgan fingerprint density at radius 2 is 2.35 bits per heavy atom. The molecule has 0 radical (unpaired) electrons. The Labute approximate surface area is 126 Å². The highest BCUT2D eigenvalue weighted by atomic mass is 35.5. The quantitative estimate of drug-likeness (QED) is 0.362. The molecule has 1 N–H and O–H groups in total. The largest absolute Gasteiger partial charge is 0.349 e. The number of carbonyl (C=O) groups is 1. The van der Waals surface area contributed by atoms with Crippen LogP contribution in [0.2, 0.25) is 5.15 Å². The summed E-state index contributed by atoms with van der Waals surface area (Å²) in [7, 11) is 0. The molecule has 1 amide bonds. The van der Waals surface area contributed by atoms with Crippen molar-refractivity contribution in [2.24, 2.45) is 0 Å². The van der Waals surface area contributed by atoms with Gasteiger partial charge < -0.3 is 5.32 Å². The summed E-state index contributed by atoms with van der Waals surface area (Å²) in [4.78, 5) is 25.9. The number of pyridine rings is 1. The highest BCUT2D eigenvalue weighted by molar-refractivity contribution is 7.99. The number of carbonyl (C=O) groups excluding carboxylic acids is 1. The minimum atomic E-state index is -0.643. The van der Waals surface area contributed by atoms with E-state index in [0.29, 0.717) is 0 Å². The van der Waals surface area contributed by atoms with Gasteiger partial charge in [-0.3, -0.25) is 14.9 Å². The van der Waals surface area contributed by atoms with Crippen LogP contribution in [-0.4, -0.2) is 33.4 Å². The van der Waals surface area contributed by atoms with Gasteiger partial charge in [0.2, 0.25) is 0 Å². The SMILES string of the molecule is CCSCCC(C)NC(=O)c1cc(Cl)ncc1[N+](=O)[O-]. The molecule has 0 aliphatic carbocycles. The van der Waals surface area contributed by atoms with Gasteiger partial charge in [0, 0.05) is 6.04 Å². The van der Waals surface area contributed by atoms with Crippen molar-refractivity contribution in [1.29, 1.82) is 0 Å². The summed E-state index contributed by atoms with van der Waals surface area (Å²) in [5.74, 6) is 1.44. The number of thioether (sulfide) groups is 1. The van der Waals surface area contributed by atoms with Crippen LogP contribution in [0.5, 0.6) is 0 Å². The van der Waals surface area contributed by atoms with Gasteiger partial charge in [-0.25, -0.2) is 4.98 Å². The van der Waals surface area contributed by atoms with E-state index in [-0.39, 0.29) is 22.4 Å². The lowest BCUT2D eigenvalue weighted by Gasteiger charge is -2.13. The van der Waals surface area contributed by atoms with Crippen LogP contribution in [0.3, 0.4) is 0 Å². The molecular weight excluding hydrogens is 302 g/mol. The molecule has 1 atom stereocenters. The zero-order valence-corrected chi connectivity index (χ0v) is 12.8. The molecule has 0 saturated heterocycles. The van der Waals surface area contributed by atoms with E-state index in [1.807, 2.05) is 6.92 Å². The zero-order valence-electron chi connectivity index (χ0n) is 11.3. The number of halogens is 1. The zero-order chi connectivity index (χ0) is 15.1. The second-order valence-corrected chi connectivity index (χ2v) is 5.92. The van der Waals surface area contributed by atoms with Crippen molar-refractivity contribution in [3.05, 3.63) is 33.1 Å². The molecule has 1 aromatic heterocycles. The third kappa shape index (κ3) is 4.97. The Kier molecular flexibility index (Phi) is 6.74. The van der Waals surface area contributed by atoms with Crippen LogP contribution in [0.4, 0.5) is 5.69 Å². The maximum Gasteiger partial charge on any atom is 0.300 e. The molecule has 0 aromatic carbocycles. The topological polar surface area (TPSA) is 85.1 Å². The number of rotatable bonds is 7. The second-order valence-electron chi connectivity index (χ2n) is 4.14. The van der Waals surface area contributed by atoms with Crippen molar-refractivity contribution in [3.63, 3.8) is 0 Å². The van der Waals surface area contributed by atoms with E-state index in [1.165, 1.54) is 6.07 Å². The van der Waals surface area contributed by atoms with Gasteiger partial charge >= 0.3 is 0 Å². The smallest absolute Gasteiger partial charge is 0.300 e. The van der Waals surface area contributed by atoms with Gasteiger partial charge in [-0.05, 0) is 30.9 Å². The average Bonchev–Trinajstić information content (AvgIpc) is 2.38. The molecule has 1 rings (SSSR count). The summed E-state index contributed by atoms with van der Waals surface area (Å²) in [5, 5.41) is 13.7. The number of amides is 1. The summed E-state index contributed by atoms with van der Waals surface area (Å²) in [6.45, 7) is 3.93. The highest BCUT2D eigenvalue weighted by Crippen LogP contribution is 2.20. The molecule has 8 heteroatoms. The van der Waals surface area contributed by atoms with Crippen molar-refractivity contribution in [2.45, 2.75) is 26.3 Å². The van der Waals surface area contributed by atoms with Crippen molar-refractivity contribution >= 4 is 35.0 Å². The van der Waals surface area contributed by atoms with E-state index >= 15 is 0 Å². The molecule has 6 nitrogen and oxygen atoms in total. The van der Waals surface area contributed by atoms with E-state index in [0.717, 1.165) is 24.1 Å². The number of nitrogens with zero attached hydrogens (tertiary/aromatic N) is 2. The number of aromatic nitrogens is 1. The maximum absolute atomic E-state index is 12.1. The van der Waals surface area contributed by atoms with E-state index in [4.69, 9.17) is 11.6 Å². The molecule has 20 heavy (non-hydrogen) atoms. The van der Waals surface area contributed by atoms with E-state index < -0.39 is 10.8 Å². The first-order valence-electron chi connectivity index (χ1n) is 6.14. The second kappa shape index (κ2) is 8.06. The summed E-state index contributed by atoms with van der Waals surface area (Å²) < 4.78 is 0. The maximum atomic E-state index is 12.1. The van der Waals surface area contributed by atoms with Gasteiger partial charge in [0.05, 0.1) is 4.92 Å². The van der Waals surface area contributed by atoms with Crippen LogP contribution in [0.25, 0.3) is 0 Å². The first-order chi connectivity index (χ1) is 9.45. The van der Waals surface area contributed by atoms with Crippen molar-refractivity contribution in [1.82, 2.24) is 10.3 Å². The van der Waals surface area contributed by atoms with E-state index in [9.17, 15) is 14.9 Å². The molecule has 0 bridgehead atoms. The van der Waals surface area contributed by atoms with Gasteiger partial charge in [0.25, 0.3) is 11.6 Å². The predicted molar refractivity (Wildman–Crippen MR) is 80.4 cm³/mol. The average molecular weight is 318 g/mol. The monoisotopic (exact) mass is 317 g/mol. The third-order valence-electron chi connectivity index (χ3n) is 2.57. The minimum absolute atomic E-state index is 0.0509. The van der Waals surface area contributed by atoms with Crippen molar-refractivity contribution in [2.75, 3.05) is 11.5 Å². The van der Waals surface area contributed by atoms with Crippen LogP contribution in [0.15, 0.2) is 12.3 Å². The van der Waals surface area contributed by atoms with Crippen molar-refractivity contribution < 1.29 is 9.72 Å². The number of nitro groups is 1. The Hall–Kier alpha value is -1.34. The molecule has 110 valence electrons. The highest BCUT2D eigenvalue weighted by Gasteiger charge is 2.22. The Balaban J connectivity index is 2.76. The standard InChI is InChI=1S/C12H16ClN3O3S/c1-3-20-5-4-8(2)15-12(17)9-6-11(13)14-7-10(9)16(18)19/h6-8H,3-5H2,1-2H3,(H,15,17). The molecule has 0 saturated carbocycles. The van der Waals surface area contributed by atoms with Crippen LogP contribution >= 0.6 is 23.4 Å². The van der Waals surface area contributed by atoms with E-state index in [1.54, 1.807) is 11.8 Å². The summed E-state index contributed by atoms with van der Waals surface area (Å²) in [6, 6.07) is 1.15. The van der Waals surface area contributed by atoms with Gasteiger partial charge in [-0.15, -0.1) is 0 Å². The Bertz CT molecular complexity index is 499. The molecule has 1 heterocycles. The number of hydrogen-bond donors (Lipinski definition) is 1. The third-order valence-corrected chi connectivity index (χ3v) is 3.71. The Morgan fingerprint density at radius 3 is 2.95 bits per heavy atom. The molecule has 0 fully saturated rings. The van der Waals surface area contributed by atoms with E-state index in [2.05, 4.69) is 17.2 Å². The normalized spacial score (nSPS) is 11.9. The summed E-state index contributed by atoms with van der Waals surface area (Å²) >= 11 is 7.47. The number of nitrogens with one attached hydrogen (secondary N) is 1. The van der Waals surface area contributed by atoms with Crippen LogP contribution in [-0.2, 0) is 0 Å². The van der Waals surface area contributed by atoms with Gasteiger partial charge in [0.15, 0.2) is 0 Å².